The first kappa shape index (κ1) is 18.9. The molecule has 23 heavy (non-hydrogen) atoms. The van der Waals surface area contributed by atoms with E-state index in [1.165, 1.54) is 0 Å². The molecule has 0 radical (unpaired) electrons. The van der Waals surface area contributed by atoms with Gasteiger partial charge in [-0.2, -0.15) is 0 Å². The standard InChI is InChI=1S/C12H23NO10/c13-3-5(16)4(15)2(1-14)22-12(3)23-11-9(20)7(18)6(17)8(19)10(11)21/h2-12,14-21H,1,13H2/t2-,3+,4-,5-,6?,7-,8+,9-,10+,11?,12-/m1/s1. The molecule has 2 unspecified atom stereocenters. The van der Waals surface area contributed by atoms with Crippen molar-refractivity contribution in [3.63, 3.8) is 0 Å². The Bertz CT molecular complexity index is 382. The van der Waals surface area contributed by atoms with Gasteiger partial charge < -0.3 is 56.1 Å². The lowest BCUT2D eigenvalue weighted by Crippen LogP contribution is -2.68. The molecule has 0 spiro atoms. The minimum atomic E-state index is -1.79. The number of rotatable bonds is 3. The summed E-state index contributed by atoms with van der Waals surface area (Å²) >= 11 is 0. The Balaban J connectivity index is 2.13. The third-order valence-corrected chi connectivity index (χ3v) is 4.29. The zero-order valence-electron chi connectivity index (χ0n) is 12.0. The number of aliphatic hydroxyl groups is 8. The van der Waals surface area contributed by atoms with Crippen molar-refractivity contribution in [2.24, 2.45) is 5.73 Å². The smallest absolute Gasteiger partial charge is 0.176 e. The Morgan fingerprint density at radius 1 is 0.739 bits per heavy atom. The first-order chi connectivity index (χ1) is 10.7. The van der Waals surface area contributed by atoms with Gasteiger partial charge in [-0.3, -0.25) is 0 Å². The quantitative estimate of drug-likeness (QED) is 0.236. The fraction of sp³-hybridized carbons (Fsp3) is 1.00. The summed E-state index contributed by atoms with van der Waals surface area (Å²) in [5, 5.41) is 77.1. The fourth-order valence-electron chi connectivity index (χ4n) is 2.74. The van der Waals surface area contributed by atoms with E-state index in [2.05, 4.69) is 0 Å². The molecule has 11 heteroatoms. The molecule has 0 aromatic carbocycles. The van der Waals surface area contributed by atoms with E-state index in [9.17, 15) is 35.7 Å². The Kier molecular flexibility index (Phi) is 5.92. The molecule has 11 atom stereocenters. The van der Waals surface area contributed by atoms with Crippen LogP contribution in [0.5, 0.6) is 0 Å². The van der Waals surface area contributed by atoms with Crippen molar-refractivity contribution in [2.75, 3.05) is 6.61 Å². The molecule has 10 N–H and O–H groups in total. The molecule has 2 rings (SSSR count). The van der Waals surface area contributed by atoms with Crippen LogP contribution in [0.4, 0.5) is 0 Å². The zero-order valence-corrected chi connectivity index (χ0v) is 12.0. The average Bonchev–Trinajstić information content (AvgIpc) is 2.54. The molecule has 0 amide bonds. The molecule has 1 aliphatic heterocycles. The van der Waals surface area contributed by atoms with Crippen LogP contribution in [0.1, 0.15) is 0 Å². The molecule has 2 aliphatic rings. The minimum Gasteiger partial charge on any atom is -0.394 e. The number of aliphatic hydroxyl groups excluding tert-OH is 8. The molecule has 1 saturated heterocycles. The van der Waals surface area contributed by atoms with E-state index in [-0.39, 0.29) is 0 Å². The van der Waals surface area contributed by atoms with E-state index in [1.807, 2.05) is 0 Å². The van der Waals surface area contributed by atoms with Crippen molar-refractivity contribution < 1.29 is 50.3 Å². The third-order valence-electron chi connectivity index (χ3n) is 4.29. The van der Waals surface area contributed by atoms with Crippen LogP contribution in [0.15, 0.2) is 0 Å². The van der Waals surface area contributed by atoms with E-state index in [1.54, 1.807) is 0 Å². The van der Waals surface area contributed by atoms with Gasteiger partial charge in [-0.1, -0.05) is 0 Å². The van der Waals surface area contributed by atoms with E-state index in [0.717, 1.165) is 0 Å². The van der Waals surface area contributed by atoms with Crippen LogP contribution < -0.4 is 5.73 Å². The largest absolute Gasteiger partial charge is 0.394 e. The number of ether oxygens (including phenoxy) is 2. The normalized spacial score (nSPS) is 54.9. The number of nitrogens with two attached hydrogens (primary N) is 1. The van der Waals surface area contributed by atoms with Crippen molar-refractivity contribution in [2.45, 2.75) is 67.3 Å². The van der Waals surface area contributed by atoms with Gasteiger partial charge in [0.15, 0.2) is 6.29 Å². The van der Waals surface area contributed by atoms with Crippen molar-refractivity contribution in [1.29, 1.82) is 0 Å². The summed E-state index contributed by atoms with van der Waals surface area (Å²) in [6.45, 7) is -0.648. The van der Waals surface area contributed by atoms with E-state index < -0.39 is 73.9 Å². The highest BCUT2D eigenvalue weighted by molar-refractivity contribution is 5.00. The highest BCUT2D eigenvalue weighted by atomic mass is 16.7. The van der Waals surface area contributed by atoms with Gasteiger partial charge >= 0.3 is 0 Å². The maximum Gasteiger partial charge on any atom is 0.176 e. The highest BCUT2D eigenvalue weighted by Gasteiger charge is 2.52. The van der Waals surface area contributed by atoms with Gasteiger partial charge in [0.1, 0.15) is 54.9 Å². The maximum atomic E-state index is 9.89. The average molecular weight is 341 g/mol. The summed E-state index contributed by atoms with van der Waals surface area (Å²) < 4.78 is 10.4. The Morgan fingerprint density at radius 3 is 1.70 bits per heavy atom. The molecule has 1 saturated carbocycles. The summed E-state index contributed by atoms with van der Waals surface area (Å²) in [7, 11) is 0. The summed E-state index contributed by atoms with van der Waals surface area (Å²) in [5.74, 6) is 0. The van der Waals surface area contributed by atoms with E-state index in [0.29, 0.717) is 0 Å². The first-order valence-electron chi connectivity index (χ1n) is 7.14. The summed E-state index contributed by atoms with van der Waals surface area (Å²) in [5.41, 5.74) is 5.66. The van der Waals surface area contributed by atoms with Gasteiger partial charge in [0, 0.05) is 0 Å². The number of hydrogen-bond acceptors (Lipinski definition) is 11. The van der Waals surface area contributed by atoms with Crippen molar-refractivity contribution >= 4 is 0 Å². The van der Waals surface area contributed by atoms with Gasteiger partial charge in [-0.25, -0.2) is 0 Å². The number of hydrogen-bond donors (Lipinski definition) is 9. The summed E-state index contributed by atoms with van der Waals surface area (Å²) in [6, 6.07) is -1.28. The summed E-state index contributed by atoms with van der Waals surface area (Å²) in [6.07, 6.45) is -16.1. The molecule has 0 aromatic rings. The molecule has 136 valence electrons. The van der Waals surface area contributed by atoms with Gasteiger partial charge in [-0.15, -0.1) is 0 Å². The molecule has 2 fully saturated rings. The van der Waals surface area contributed by atoms with Crippen LogP contribution in [-0.2, 0) is 9.47 Å². The first-order valence-corrected chi connectivity index (χ1v) is 7.14. The molecular weight excluding hydrogens is 318 g/mol. The summed E-state index contributed by atoms with van der Waals surface area (Å²) in [4.78, 5) is 0. The van der Waals surface area contributed by atoms with Gasteiger partial charge in [0.25, 0.3) is 0 Å². The lowest BCUT2D eigenvalue weighted by molar-refractivity contribution is -0.316. The van der Waals surface area contributed by atoms with E-state index >= 15 is 0 Å². The molecule has 0 bridgehead atoms. The van der Waals surface area contributed by atoms with Crippen LogP contribution in [0, 0.1) is 0 Å². The van der Waals surface area contributed by atoms with Gasteiger partial charge in [0.05, 0.1) is 12.6 Å². The molecule has 11 nitrogen and oxygen atoms in total. The second-order valence-corrected chi connectivity index (χ2v) is 5.84. The Hall–Kier alpha value is -0.440. The van der Waals surface area contributed by atoms with Gasteiger partial charge in [0.2, 0.25) is 0 Å². The Labute approximate surface area is 131 Å². The highest BCUT2D eigenvalue weighted by Crippen LogP contribution is 2.28. The SMILES string of the molecule is N[C@@H]1[C@@H](OC2[C@@H](O)[C@@H](O)C(O)[C@@H](O)[C@H]2O)O[C@H](CO)[C@@H](O)[C@@H]1O. The fourth-order valence-corrected chi connectivity index (χ4v) is 2.74. The maximum absolute atomic E-state index is 9.89. The van der Waals surface area contributed by atoms with Gasteiger partial charge in [-0.05, 0) is 0 Å². The van der Waals surface area contributed by atoms with Crippen LogP contribution in [0.2, 0.25) is 0 Å². The van der Waals surface area contributed by atoms with E-state index in [4.69, 9.17) is 20.3 Å². The van der Waals surface area contributed by atoms with Crippen molar-refractivity contribution in [3.8, 4) is 0 Å². The topological polar surface area (TPSA) is 206 Å². The van der Waals surface area contributed by atoms with Crippen molar-refractivity contribution in [1.82, 2.24) is 0 Å². The predicted molar refractivity (Wildman–Crippen MR) is 70.6 cm³/mol. The zero-order chi connectivity index (χ0) is 17.5. The minimum absolute atomic E-state index is 0.648. The van der Waals surface area contributed by atoms with Crippen LogP contribution in [-0.4, -0.2) is 115 Å². The third kappa shape index (κ3) is 3.36. The molecular formula is C12H23NO10. The molecule has 1 heterocycles. The second kappa shape index (κ2) is 7.21. The molecule has 1 aliphatic carbocycles. The second-order valence-electron chi connectivity index (χ2n) is 5.84. The lowest BCUT2D eigenvalue weighted by atomic mass is 9.84. The van der Waals surface area contributed by atoms with Crippen molar-refractivity contribution in [3.05, 3.63) is 0 Å². The lowest BCUT2D eigenvalue weighted by Gasteiger charge is -2.46. The van der Waals surface area contributed by atoms with Crippen LogP contribution >= 0.6 is 0 Å². The molecule has 0 aromatic heterocycles. The van der Waals surface area contributed by atoms with Crippen LogP contribution in [0.3, 0.4) is 0 Å². The van der Waals surface area contributed by atoms with Crippen LogP contribution in [0.25, 0.3) is 0 Å². The monoisotopic (exact) mass is 341 g/mol. The predicted octanol–water partition coefficient (Wildman–Crippen LogP) is -6.04. The Morgan fingerprint density at radius 2 is 1.22 bits per heavy atom.